The van der Waals surface area contributed by atoms with Crippen molar-refractivity contribution in [2.24, 2.45) is 10.1 Å². The Labute approximate surface area is 169 Å². The summed E-state index contributed by atoms with van der Waals surface area (Å²) in [7, 11) is 0. The molecular formula is C23H23N3O3. The number of hydrazone groups is 1. The van der Waals surface area contributed by atoms with Crippen LogP contribution in [-0.4, -0.2) is 34.3 Å². The lowest BCUT2D eigenvalue weighted by Gasteiger charge is -2.32. The maximum Gasteiger partial charge on any atom is 0.307 e. The van der Waals surface area contributed by atoms with Crippen molar-refractivity contribution in [3.63, 3.8) is 0 Å². The quantitative estimate of drug-likeness (QED) is 0.467. The summed E-state index contributed by atoms with van der Waals surface area (Å²) < 4.78 is 0. The molecule has 2 aliphatic rings. The van der Waals surface area contributed by atoms with Gasteiger partial charge in [0.1, 0.15) is 5.75 Å². The van der Waals surface area contributed by atoms with Gasteiger partial charge in [-0.1, -0.05) is 49.2 Å². The topological polar surface area (TPSA) is 91.1 Å². The lowest BCUT2D eigenvalue weighted by molar-refractivity contribution is -0.137. The van der Waals surface area contributed by atoms with Crippen LogP contribution in [0.15, 0.2) is 58.6 Å². The fourth-order valence-electron chi connectivity index (χ4n) is 4.20. The van der Waals surface area contributed by atoms with Crippen LogP contribution in [0.2, 0.25) is 0 Å². The molecule has 1 saturated carbocycles. The highest BCUT2D eigenvalue weighted by molar-refractivity contribution is 6.40. The van der Waals surface area contributed by atoms with E-state index >= 15 is 0 Å². The van der Waals surface area contributed by atoms with Crippen molar-refractivity contribution in [2.45, 2.75) is 44.1 Å². The first-order valence-corrected chi connectivity index (χ1v) is 9.88. The monoisotopic (exact) mass is 389 g/mol. The van der Waals surface area contributed by atoms with Gasteiger partial charge < -0.3 is 5.11 Å². The van der Waals surface area contributed by atoms with E-state index in [9.17, 15) is 14.7 Å². The Hall–Kier alpha value is -3.28. The number of carbonyl (C=O) groups is 2. The third-order valence-corrected chi connectivity index (χ3v) is 5.64. The van der Waals surface area contributed by atoms with E-state index in [0.717, 1.165) is 37.7 Å². The Balaban J connectivity index is 1.47. The number of amides is 1. The molecule has 0 bridgehead atoms. The van der Waals surface area contributed by atoms with Crippen LogP contribution in [0.5, 0.6) is 5.75 Å². The van der Waals surface area contributed by atoms with Crippen molar-refractivity contribution in [1.82, 2.24) is 5.43 Å². The van der Waals surface area contributed by atoms with Crippen molar-refractivity contribution in [3.05, 3.63) is 65.2 Å². The van der Waals surface area contributed by atoms with Gasteiger partial charge >= 0.3 is 5.91 Å². The number of rotatable bonds is 5. The molecule has 0 saturated heterocycles. The van der Waals surface area contributed by atoms with Crippen molar-refractivity contribution in [3.8, 4) is 5.75 Å². The minimum Gasteiger partial charge on any atom is -0.507 e. The van der Waals surface area contributed by atoms with Gasteiger partial charge in [0.2, 0.25) is 5.78 Å². The summed E-state index contributed by atoms with van der Waals surface area (Å²) in [6.07, 6.45) is 6.51. The third-order valence-electron chi connectivity index (χ3n) is 5.64. The molecule has 0 unspecified atom stereocenters. The number of phenolic OH excluding ortho intramolecular Hbond substituents is 1. The van der Waals surface area contributed by atoms with Crippen LogP contribution in [0.25, 0.3) is 0 Å². The number of phenols is 1. The lowest BCUT2D eigenvalue weighted by atomic mass is 9.82. The van der Waals surface area contributed by atoms with E-state index in [0.29, 0.717) is 11.3 Å². The van der Waals surface area contributed by atoms with E-state index in [2.05, 4.69) is 16.6 Å². The molecule has 6 heteroatoms. The number of aromatic hydroxyl groups is 1. The van der Waals surface area contributed by atoms with Crippen LogP contribution in [0.4, 0.5) is 0 Å². The molecule has 0 radical (unpaired) electrons. The van der Waals surface area contributed by atoms with Crippen LogP contribution >= 0.6 is 0 Å². The van der Waals surface area contributed by atoms with Crippen molar-refractivity contribution in [2.75, 3.05) is 0 Å². The van der Waals surface area contributed by atoms with Gasteiger partial charge in [0.25, 0.3) is 0 Å². The molecule has 0 atom stereocenters. The molecule has 29 heavy (non-hydrogen) atoms. The molecule has 1 aliphatic carbocycles. The summed E-state index contributed by atoms with van der Waals surface area (Å²) in [4.78, 5) is 29.7. The number of benzene rings is 2. The minimum atomic E-state index is -0.789. The number of hydrogen-bond acceptors (Lipinski definition) is 5. The minimum absolute atomic E-state index is 0.0449. The normalized spacial score (nSPS) is 17.2. The molecular weight excluding hydrogens is 366 g/mol. The molecule has 1 heterocycles. The first-order chi connectivity index (χ1) is 14.1. The van der Waals surface area contributed by atoms with Gasteiger partial charge in [0.15, 0.2) is 0 Å². The molecule has 1 amide bonds. The SMILES string of the molecule is O=C(CC1=NC2(CCCC2)Cc2ccccc21)C(=O)N/N=C/c1ccccc1O. The summed E-state index contributed by atoms with van der Waals surface area (Å²) in [5.74, 6) is -1.32. The molecule has 0 aromatic heterocycles. The summed E-state index contributed by atoms with van der Waals surface area (Å²) in [6, 6.07) is 14.6. The highest BCUT2D eigenvalue weighted by atomic mass is 16.3. The second-order valence-corrected chi connectivity index (χ2v) is 7.68. The van der Waals surface area contributed by atoms with E-state index in [1.807, 2.05) is 18.2 Å². The predicted octanol–water partition coefficient (Wildman–Crippen LogP) is 3.16. The predicted molar refractivity (Wildman–Crippen MR) is 111 cm³/mol. The molecule has 1 spiro atoms. The van der Waals surface area contributed by atoms with E-state index in [1.165, 1.54) is 17.8 Å². The van der Waals surface area contributed by atoms with Crippen LogP contribution in [-0.2, 0) is 16.0 Å². The molecule has 2 aromatic carbocycles. The second kappa shape index (κ2) is 7.99. The molecule has 4 rings (SSSR count). The largest absolute Gasteiger partial charge is 0.507 e. The number of Topliss-reactive ketones (excluding diaryl/α,β-unsaturated/α-hetero) is 1. The second-order valence-electron chi connectivity index (χ2n) is 7.68. The zero-order valence-electron chi connectivity index (χ0n) is 16.1. The highest BCUT2D eigenvalue weighted by Crippen LogP contribution is 2.40. The van der Waals surface area contributed by atoms with Gasteiger partial charge in [-0.15, -0.1) is 0 Å². The van der Waals surface area contributed by atoms with Gasteiger partial charge in [-0.2, -0.15) is 5.10 Å². The fourth-order valence-corrected chi connectivity index (χ4v) is 4.20. The molecule has 6 nitrogen and oxygen atoms in total. The molecule has 2 aromatic rings. The van der Waals surface area contributed by atoms with Gasteiger partial charge in [0.05, 0.1) is 23.9 Å². The average molecular weight is 389 g/mol. The maximum absolute atomic E-state index is 12.5. The number of nitrogens with zero attached hydrogens (tertiary/aromatic N) is 2. The van der Waals surface area contributed by atoms with E-state index in [1.54, 1.807) is 18.2 Å². The number of para-hydroxylation sites is 1. The Kier molecular flexibility index (Phi) is 5.25. The summed E-state index contributed by atoms with van der Waals surface area (Å²) in [5, 5.41) is 13.5. The fraction of sp³-hybridized carbons (Fsp3) is 0.304. The summed E-state index contributed by atoms with van der Waals surface area (Å²) in [5.41, 5.74) is 5.43. The van der Waals surface area contributed by atoms with Crippen LogP contribution in [0, 0.1) is 0 Å². The Morgan fingerprint density at radius 1 is 1.10 bits per heavy atom. The number of fused-ring (bicyclic) bond motifs is 1. The maximum atomic E-state index is 12.5. The first-order valence-electron chi connectivity index (χ1n) is 9.88. The molecule has 1 aliphatic heterocycles. The first kappa shape index (κ1) is 19.1. The number of carbonyl (C=O) groups excluding carboxylic acids is 2. The van der Waals surface area contributed by atoms with Gasteiger partial charge in [-0.05, 0) is 42.5 Å². The summed E-state index contributed by atoms with van der Waals surface area (Å²) >= 11 is 0. The van der Waals surface area contributed by atoms with Gasteiger partial charge in [0, 0.05) is 5.56 Å². The van der Waals surface area contributed by atoms with Crippen LogP contribution < -0.4 is 5.43 Å². The van der Waals surface area contributed by atoms with Crippen molar-refractivity contribution < 1.29 is 14.7 Å². The number of nitrogens with one attached hydrogen (secondary N) is 1. The zero-order valence-corrected chi connectivity index (χ0v) is 16.1. The van der Waals surface area contributed by atoms with Crippen LogP contribution in [0.1, 0.15) is 48.8 Å². The lowest BCUT2D eigenvalue weighted by Crippen LogP contribution is -2.35. The van der Waals surface area contributed by atoms with Crippen molar-refractivity contribution >= 4 is 23.6 Å². The average Bonchev–Trinajstić information content (AvgIpc) is 3.16. The molecule has 148 valence electrons. The van der Waals surface area contributed by atoms with E-state index in [4.69, 9.17) is 4.99 Å². The van der Waals surface area contributed by atoms with Crippen molar-refractivity contribution in [1.29, 1.82) is 0 Å². The van der Waals surface area contributed by atoms with Crippen LogP contribution in [0.3, 0.4) is 0 Å². The Bertz CT molecular complexity index is 1000. The molecule has 2 N–H and O–H groups in total. The number of ketones is 1. The summed E-state index contributed by atoms with van der Waals surface area (Å²) in [6.45, 7) is 0. The Morgan fingerprint density at radius 2 is 1.83 bits per heavy atom. The van der Waals surface area contributed by atoms with E-state index in [-0.39, 0.29) is 17.7 Å². The van der Waals surface area contributed by atoms with E-state index < -0.39 is 11.7 Å². The number of aliphatic imine (C=N–C) groups is 1. The zero-order chi connectivity index (χ0) is 20.3. The molecule has 1 fully saturated rings. The standard InChI is InChI=1S/C23H23N3O3/c27-20-10-4-2-8-17(20)15-24-26-22(29)21(28)13-19-18-9-3-1-7-16(18)14-23(25-19)11-5-6-12-23/h1-4,7-10,15,27H,5-6,11-14H2,(H,26,29)/b24-15+. The van der Waals surface area contributed by atoms with Gasteiger partial charge in [-0.25, -0.2) is 5.43 Å². The highest BCUT2D eigenvalue weighted by Gasteiger charge is 2.38. The Morgan fingerprint density at radius 3 is 2.62 bits per heavy atom. The number of hydrogen-bond donors (Lipinski definition) is 2. The van der Waals surface area contributed by atoms with Gasteiger partial charge in [-0.3, -0.25) is 14.6 Å². The smallest absolute Gasteiger partial charge is 0.307 e. The third kappa shape index (κ3) is 4.11.